The van der Waals surface area contributed by atoms with Crippen molar-refractivity contribution in [2.24, 2.45) is 11.0 Å². The maximum absolute atomic E-state index is 12.8. The molecule has 1 atom stereocenters. The van der Waals surface area contributed by atoms with Gasteiger partial charge >= 0.3 is 0 Å². The third-order valence-electron chi connectivity index (χ3n) is 5.57. The second-order valence-corrected chi connectivity index (χ2v) is 10.3. The van der Waals surface area contributed by atoms with E-state index in [2.05, 4.69) is 37.8 Å². The lowest BCUT2D eigenvalue weighted by Crippen LogP contribution is -2.48. The molecule has 0 aliphatic carbocycles. The SMILES string of the molecule is COc1cc(/C=N/NC(=O)C(NC(=O)c2ccc(Cl)c(Cl)c2)C(C)C)cc(Br)c1OCc1ccccc1C#N. The lowest BCUT2D eigenvalue weighted by atomic mass is 10.0. The number of nitrogens with one attached hydrogen (secondary N) is 2. The fourth-order valence-corrected chi connectivity index (χ4v) is 4.37. The number of carbonyl (C=O) groups is 2. The molecule has 0 spiro atoms. The molecule has 3 aromatic carbocycles. The summed E-state index contributed by atoms with van der Waals surface area (Å²) in [6, 6.07) is 16.4. The fraction of sp³-hybridized carbons (Fsp3) is 0.214. The van der Waals surface area contributed by atoms with Gasteiger partial charge in [-0.05, 0) is 63.8 Å². The predicted octanol–water partition coefficient (Wildman–Crippen LogP) is 6.12. The number of benzene rings is 3. The highest BCUT2D eigenvalue weighted by molar-refractivity contribution is 9.10. The quantitative estimate of drug-likeness (QED) is 0.207. The minimum Gasteiger partial charge on any atom is -0.493 e. The summed E-state index contributed by atoms with van der Waals surface area (Å²) in [5, 5.41) is 16.6. The Balaban J connectivity index is 1.68. The molecule has 0 radical (unpaired) electrons. The number of hydrazone groups is 1. The van der Waals surface area contributed by atoms with E-state index in [9.17, 15) is 14.9 Å². The molecule has 0 aromatic heterocycles. The van der Waals surface area contributed by atoms with Crippen LogP contribution in [-0.4, -0.2) is 31.2 Å². The Labute approximate surface area is 245 Å². The Bertz CT molecular complexity index is 1440. The molecule has 8 nitrogen and oxygen atoms in total. The van der Waals surface area contributed by atoms with Crippen LogP contribution in [0.4, 0.5) is 0 Å². The van der Waals surface area contributed by atoms with E-state index >= 15 is 0 Å². The van der Waals surface area contributed by atoms with Gasteiger partial charge in [0.05, 0.1) is 39.5 Å². The second kappa shape index (κ2) is 14.0. The van der Waals surface area contributed by atoms with Crippen molar-refractivity contribution in [2.45, 2.75) is 26.5 Å². The zero-order chi connectivity index (χ0) is 28.5. The molecule has 11 heteroatoms. The first-order valence-corrected chi connectivity index (χ1v) is 13.3. The molecule has 0 saturated carbocycles. The number of ether oxygens (including phenoxy) is 2. The number of nitrogens with zero attached hydrogens (tertiary/aromatic N) is 2. The summed E-state index contributed by atoms with van der Waals surface area (Å²) in [4.78, 5) is 25.5. The predicted molar refractivity (Wildman–Crippen MR) is 154 cm³/mol. The van der Waals surface area contributed by atoms with E-state index in [-0.39, 0.29) is 23.1 Å². The van der Waals surface area contributed by atoms with E-state index in [1.165, 1.54) is 31.5 Å². The zero-order valence-corrected chi connectivity index (χ0v) is 24.4. The molecule has 2 amide bonds. The lowest BCUT2D eigenvalue weighted by molar-refractivity contribution is -0.123. The van der Waals surface area contributed by atoms with Gasteiger partial charge in [0.1, 0.15) is 12.6 Å². The van der Waals surface area contributed by atoms with E-state index in [0.717, 1.165) is 5.56 Å². The highest BCUT2D eigenvalue weighted by Gasteiger charge is 2.25. The van der Waals surface area contributed by atoms with Crippen molar-refractivity contribution < 1.29 is 19.1 Å². The van der Waals surface area contributed by atoms with E-state index in [4.69, 9.17) is 32.7 Å². The Morgan fingerprint density at radius 2 is 1.87 bits per heavy atom. The molecule has 202 valence electrons. The molecule has 3 aromatic rings. The standard InChI is InChI=1S/C28H25BrCl2N4O4/c1-16(2)25(34-27(36)18-8-9-22(30)23(31)12-18)28(37)35-33-14-17-10-21(29)26(24(11-17)38-3)39-15-20-7-5-4-6-19(20)13-32/h4-12,14,16,25H,15H2,1-3H3,(H,34,36)(H,35,37)/b33-14+. The molecular weight excluding hydrogens is 607 g/mol. The summed E-state index contributed by atoms with van der Waals surface area (Å²) < 4.78 is 12.0. The highest BCUT2D eigenvalue weighted by atomic mass is 79.9. The average molecular weight is 632 g/mol. The van der Waals surface area contributed by atoms with Crippen LogP contribution in [0.3, 0.4) is 0 Å². The van der Waals surface area contributed by atoms with Crippen LogP contribution in [0.5, 0.6) is 11.5 Å². The molecule has 0 saturated heterocycles. The van der Waals surface area contributed by atoms with Gasteiger partial charge in [-0.1, -0.05) is 55.2 Å². The summed E-state index contributed by atoms with van der Waals surface area (Å²) >= 11 is 15.4. The molecule has 0 fully saturated rings. The van der Waals surface area contributed by atoms with Gasteiger partial charge < -0.3 is 14.8 Å². The van der Waals surface area contributed by atoms with Crippen LogP contribution in [0.25, 0.3) is 0 Å². The third-order valence-corrected chi connectivity index (χ3v) is 6.90. The highest BCUT2D eigenvalue weighted by Crippen LogP contribution is 2.37. The normalized spacial score (nSPS) is 11.6. The van der Waals surface area contributed by atoms with Crippen LogP contribution in [0.2, 0.25) is 10.0 Å². The summed E-state index contributed by atoms with van der Waals surface area (Å²) in [6.45, 7) is 3.78. The van der Waals surface area contributed by atoms with Gasteiger partial charge in [-0.3, -0.25) is 9.59 Å². The second-order valence-electron chi connectivity index (χ2n) is 8.65. The maximum Gasteiger partial charge on any atom is 0.262 e. The third kappa shape index (κ3) is 7.96. The number of hydrogen-bond acceptors (Lipinski definition) is 6. The molecule has 1 unspecified atom stereocenters. The molecule has 39 heavy (non-hydrogen) atoms. The van der Waals surface area contributed by atoms with Crippen molar-refractivity contribution in [3.05, 3.63) is 91.4 Å². The maximum atomic E-state index is 12.8. The Kier molecular flexibility index (Phi) is 10.8. The zero-order valence-electron chi connectivity index (χ0n) is 21.3. The lowest BCUT2D eigenvalue weighted by Gasteiger charge is -2.20. The molecule has 0 heterocycles. The molecule has 2 N–H and O–H groups in total. The Morgan fingerprint density at radius 3 is 2.54 bits per heavy atom. The topological polar surface area (TPSA) is 113 Å². The Morgan fingerprint density at radius 1 is 1.13 bits per heavy atom. The van der Waals surface area contributed by atoms with Gasteiger partial charge in [-0.25, -0.2) is 5.43 Å². The smallest absolute Gasteiger partial charge is 0.262 e. The van der Waals surface area contributed by atoms with Crippen LogP contribution in [0.15, 0.2) is 64.2 Å². The fourth-order valence-electron chi connectivity index (χ4n) is 3.50. The van der Waals surface area contributed by atoms with E-state index in [1.807, 2.05) is 12.1 Å². The molecule has 0 aliphatic heterocycles. The minimum absolute atomic E-state index is 0.173. The van der Waals surface area contributed by atoms with Crippen LogP contribution in [0.1, 0.15) is 40.9 Å². The van der Waals surface area contributed by atoms with Gasteiger partial charge in [0, 0.05) is 11.1 Å². The average Bonchev–Trinajstić information content (AvgIpc) is 2.92. The van der Waals surface area contributed by atoms with Gasteiger partial charge in [0.25, 0.3) is 11.8 Å². The van der Waals surface area contributed by atoms with Crippen molar-refractivity contribution in [3.63, 3.8) is 0 Å². The number of nitriles is 1. The van der Waals surface area contributed by atoms with Crippen LogP contribution >= 0.6 is 39.1 Å². The monoisotopic (exact) mass is 630 g/mol. The summed E-state index contributed by atoms with van der Waals surface area (Å²) in [7, 11) is 1.50. The largest absolute Gasteiger partial charge is 0.493 e. The molecule has 0 aliphatic rings. The summed E-state index contributed by atoms with van der Waals surface area (Å²) in [5.74, 6) is -0.287. The number of rotatable bonds is 10. The van der Waals surface area contributed by atoms with Crippen molar-refractivity contribution >= 4 is 57.2 Å². The van der Waals surface area contributed by atoms with Crippen molar-refractivity contribution in [3.8, 4) is 17.6 Å². The van der Waals surface area contributed by atoms with Crippen LogP contribution < -0.4 is 20.2 Å². The number of hydrogen-bond donors (Lipinski definition) is 2. The molecule has 3 rings (SSSR count). The number of carbonyl (C=O) groups excluding carboxylic acids is 2. The van der Waals surface area contributed by atoms with E-state index < -0.39 is 17.9 Å². The summed E-state index contributed by atoms with van der Waals surface area (Å²) in [6.07, 6.45) is 1.44. The van der Waals surface area contributed by atoms with Gasteiger partial charge in [-0.15, -0.1) is 0 Å². The number of methoxy groups -OCH3 is 1. The number of halogens is 3. The Hall–Kier alpha value is -3.58. The van der Waals surface area contributed by atoms with Crippen LogP contribution in [0, 0.1) is 17.2 Å². The molecule has 0 bridgehead atoms. The van der Waals surface area contributed by atoms with Gasteiger partial charge in [0.2, 0.25) is 0 Å². The summed E-state index contributed by atoms with van der Waals surface area (Å²) in [5.41, 5.74) is 4.64. The van der Waals surface area contributed by atoms with Gasteiger partial charge in [-0.2, -0.15) is 10.4 Å². The van der Waals surface area contributed by atoms with E-state index in [1.54, 1.807) is 38.1 Å². The first kappa shape index (κ1) is 30.0. The van der Waals surface area contributed by atoms with Gasteiger partial charge in [0.15, 0.2) is 11.5 Å². The first-order valence-electron chi connectivity index (χ1n) is 11.7. The molecular formula is C28H25BrCl2N4O4. The van der Waals surface area contributed by atoms with Crippen molar-refractivity contribution in [2.75, 3.05) is 7.11 Å². The van der Waals surface area contributed by atoms with Crippen molar-refractivity contribution in [1.82, 2.24) is 10.7 Å². The van der Waals surface area contributed by atoms with E-state index in [0.29, 0.717) is 32.1 Å². The van der Waals surface area contributed by atoms with Crippen molar-refractivity contribution in [1.29, 1.82) is 5.26 Å². The first-order chi connectivity index (χ1) is 18.6. The number of amides is 2. The van der Waals surface area contributed by atoms with Crippen LogP contribution in [-0.2, 0) is 11.4 Å². The minimum atomic E-state index is -0.850.